The number of amides is 1. The lowest BCUT2D eigenvalue weighted by Crippen LogP contribution is -2.24. The summed E-state index contributed by atoms with van der Waals surface area (Å²) in [6, 6.07) is 7.13. The molecule has 0 bridgehead atoms. The molecule has 0 atom stereocenters. The van der Waals surface area contributed by atoms with Crippen molar-refractivity contribution in [2.45, 2.75) is 19.9 Å². The van der Waals surface area contributed by atoms with Gasteiger partial charge in [0.1, 0.15) is 5.82 Å². The molecule has 0 saturated carbocycles. The molecule has 0 fully saturated rings. The van der Waals surface area contributed by atoms with Gasteiger partial charge in [-0.25, -0.2) is 4.98 Å². The number of anilines is 1. The van der Waals surface area contributed by atoms with Crippen molar-refractivity contribution >= 4 is 11.7 Å². The minimum absolute atomic E-state index is 0.149. The van der Waals surface area contributed by atoms with E-state index < -0.39 is 0 Å². The molecule has 0 aliphatic rings. The molecule has 104 valence electrons. The summed E-state index contributed by atoms with van der Waals surface area (Å²) in [7, 11) is 1.78. The van der Waals surface area contributed by atoms with E-state index in [2.05, 4.69) is 25.8 Å². The Hall–Kier alpha value is -2.50. The van der Waals surface area contributed by atoms with Crippen molar-refractivity contribution in [2.24, 2.45) is 0 Å². The lowest BCUT2D eigenvalue weighted by molar-refractivity contribution is 0.0950. The van der Waals surface area contributed by atoms with E-state index in [4.69, 9.17) is 0 Å². The minimum atomic E-state index is -0.149. The van der Waals surface area contributed by atoms with Crippen LogP contribution in [0.5, 0.6) is 0 Å². The summed E-state index contributed by atoms with van der Waals surface area (Å²) in [4.78, 5) is 16.5. The zero-order valence-electron chi connectivity index (χ0n) is 11.6. The van der Waals surface area contributed by atoms with E-state index in [1.807, 2.05) is 13.0 Å². The van der Waals surface area contributed by atoms with Crippen molar-refractivity contribution in [1.82, 2.24) is 20.5 Å². The lowest BCUT2D eigenvalue weighted by atomic mass is 10.2. The normalized spacial score (nSPS) is 10.1. The van der Waals surface area contributed by atoms with Gasteiger partial charge in [-0.2, -0.15) is 10.2 Å². The monoisotopic (exact) mass is 271 g/mol. The van der Waals surface area contributed by atoms with Crippen LogP contribution in [0.1, 0.15) is 28.7 Å². The lowest BCUT2D eigenvalue weighted by Gasteiger charge is -2.08. The molecule has 6 heteroatoms. The molecular weight excluding hydrogens is 254 g/mol. The van der Waals surface area contributed by atoms with Crippen molar-refractivity contribution in [3.05, 3.63) is 47.4 Å². The highest BCUT2D eigenvalue weighted by Gasteiger charge is 2.09. The van der Waals surface area contributed by atoms with Crippen LogP contribution < -0.4 is 10.6 Å². The number of rotatable bonds is 5. The average molecular weight is 271 g/mol. The van der Waals surface area contributed by atoms with Gasteiger partial charge in [0.2, 0.25) is 0 Å². The summed E-state index contributed by atoms with van der Waals surface area (Å²) < 4.78 is 0. The standard InChI is InChI=1S/C14H17N5O/c1-3-11-7-10(8-13(15-2)18-11)14(20)16-9-12-5-4-6-17-19-12/h4-8H,3,9H2,1-2H3,(H,15,18)(H,16,20). The molecule has 2 N–H and O–H groups in total. The van der Waals surface area contributed by atoms with Crippen LogP contribution in [0, 0.1) is 0 Å². The number of hydrogen-bond donors (Lipinski definition) is 2. The molecule has 2 aromatic rings. The van der Waals surface area contributed by atoms with E-state index in [1.54, 1.807) is 31.4 Å². The number of hydrogen-bond acceptors (Lipinski definition) is 5. The minimum Gasteiger partial charge on any atom is -0.373 e. The smallest absolute Gasteiger partial charge is 0.251 e. The van der Waals surface area contributed by atoms with Crippen LogP contribution in [0.2, 0.25) is 0 Å². The molecular formula is C14H17N5O. The molecule has 0 aromatic carbocycles. The number of pyridine rings is 1. The topological polar surface area (TPSA) is 79.8 Å². The Bertz CT molecular complexity index is 563. The second-order valence-corrected chi connectivity index (χ2v) is 4.23. The van der Waals surface area contributed by atoms with Gasteiger partial charge in [-0.3, -0.25) is 4.79 Å². The van der Waals surface area contributed by atoms with Gasteiger partial charge in [-0.1, -0.05) is 6.92 Å². The molecule has 0 spiro atoms. The maximum Gasteiger partial charge on any atom is 0.251 e. The van der Waals surface area contributed by atoms with E-state index in [1.165, 1.54) is 0 Å². The fraction of sp³-hybridized carbons (Fsp3) is 0.286. The van der Waals surface area contributed by atoms with Crippen LogP contribution in [0.25, 0.3) is 0 Å². The molecule has 1 amide bonds. The van der Waals surface area contributed by atoms with Crippen LogP contribution in [0.3, 0.4) is 0 Å². The van der Waals surface area contributed by atoms with Crippen molar-refractivity contribution in [2.75, 3.05) is 12.4 Å². The van der Waals surface area contributed by atoms with Crippen LogP contribution in [0.4, 0.5) is 5.82 Å². The number of carbonyl (C=O) groups excluding carboxylic acids is 1. The summed E-state index contributed by atoms with van der Waals surface area (Å²) in [5, 5.41) is 13.5. The van der Waals surface area contributed by atoms with Crippen molar-refractivity contribution in [1.29, 1.82) is 0 Å². The first-order valence-electron chi connectivity index (χ1n) is 6.46. The average Bonchev–Trinajstić information content (AvgIpc) is 2.52. The highest BCUT2D eigenvalue weighted by molar-refractivity contribution is 5.94. The fourth-order valence-electron chi connectivity index (χ4n) is 1.73. The van der Waals surface area contributed by atoms with E-state index in [0.717, 1.165) is 17.8 Å². The summed E-state index contributed by atoms with van der Waals surface area (Å²) in [5.74, 6) is 0.540. The number of carbonyl (C=O) groups is 1. The summed E-state index contributed by atoms with van der Waals surface area (Å²) in [6.45, 7) is 2.36. The molecule has 2 heterocycles. The van der Waals surface area contributed by atoms with E-state index >= 15 is 0 Å². The molecule has 2 aromatic heterocycles. The van der Waals surface area contributed by atoms with E-state index in [0.29, 0.717) is 17.9 Å². The summed E-state index contributed by atoms with van der Waals surface area (Å²) in [6.07, 6.45) is 2.38. The Morgan fingerprint density at radius 2 is 2.15 bits per heavy atom. The van der Waals surface area contributed by atoms with Gasteiger partial charge in [0, 0.05) is 24.5 Å². The van der Waals surface area contributed by atoms with Gasteiger partial charge < -0.3 is 10.6 Å². The maximum atomic E-state index is 12.1. The van der Waals surface area contributed by atoms with E-state index in [-0.39, 0.29) is 5.91 Å². The third kappa shape index (κ3) is 3.50. The first kappa shape index (κ1) is 13.9. The summed E-state index contributed by atoms with van der Waals surface area (Å²) >= 11 is 0. The van der Waals surface area contributed by atoms with Crippen LogP contribution >= 0.6 is 0 Å². The molecule has 0 unspecified atom stereocenters. The molecule has 20 heavy (non-hydrogen) atoms. The Balaban J connectivity index is 2.08. The predicted molar refractivity (Wildman–Crippen MR) is 76.4 cm³/mol. The van der Waals surface area contributed by atoms with Crippen molar-refractivity contribution in [3.8, 4) is 0 Å². The Morgan fingerprint density at radius 3 is 2.80 bits per heavy atom. The number of aromatic nitrogens is 3. The largest absolute Gasteiger partial charge is 0.373 e. The van der Waals surface area contributed by atoms with Gasteiger partial charge >= 0.3 is 0 Å². The Kier molecular flexibility index (Phi) is 4.60. The van der Waals surface area contributed by atoms with E-state index in [9.17, 15) is 4.79 Å². The zero-order valence-corrected chi connectivity index (χ0v) is 11.6. The number of aryl methyl sites for hydroxylation is 1. The zero-order chi connectivity index (χ0) is 14.4. The predicted octanol–water partition coefficient (Wildman–Crippen LogP) is 1.41. The van der Waals surface area contributed by atoms with Gasteiger partial charge in [-0.15, -0.1) is 0 Å². The van der Waals surface area contributed by atoms with Crippen LogP contribution in [-0.2, 0) is 13.0 Å². The van der Waals surface area contributed by atoms with Gasteiger partial charge in [-0.05, 0) is 30.7 Å². The highest BCUT2D eigenvalue weighted by atomic mass is 16.1. The second-order valence-electron chi connectivity index (χ2n) is 4.23. The molecule has 2 rings (SSSR count). The van der Waals surface area contributed by atoms with Crippen LogP contribution in [0.15, 0.2) is 30.5 Å². The molecule has 0 saturated heterocycles. The third-order valence-corrected chi connectivity index (χ3v) is 2.82. The maximum absolute atomic E-state index is 12.1. The highest BCUT2D eigenvalue weighted by Crippen LogP contribution is 2.11. The number of nitrogens with one attached hydrogen (secondary N) is 2. The van der Waals surface area contributed by atoms with Crippen molar-refractivity contribution < 1.29 is 4.79 Å². The van der Waals surface area contributed by atoms with Gasteiger partial charge in [0.15, 0.2) is 0 Å². The summed E-state index contributed by atoms with van der Waals surface area (Å²) in [5.41, 5.74) is 2.19. The van der Waals surface area contributed by atoms with Crippen LogP contribution in [-0.4, -0.2) is 28.1 Å². The Morgan fingerprint density at radius 1 is 1.30 bits per heavy atom. The fourth-order valence-corrected chi connectivity index (χ4v) is 1.73. The molecule has 0 radical (unpaired) electrons. The molecule has 6 nitrogen and oxygen atoms in total. The number of nitrogens with zero attached hydrogens (tertiary/aromatic N) is 3. The molecule has 0 aliphatic carbocycles. The quantitative estimate of drug-likeness (QED) is 0.859. The Labute approximate surface area is 117 Å². The first-order valence-corrected chi connectivity index (χ1v) is 6.46. The van der Waals surface area contributed by atoms with Gasteiger partial charge in [0.25, 0.3) is 5.91 Å². The second kappa shape index (κ2) is 6.60. The first-order chi connectivity index (χ1) is 9.72. The third-order valence-electron chi connectivity index (χ3n) is 2.82. The van der Waals surface area contributed by atoms with Gasteiger partial charge in [0.05, 0.1) is 12.2 Å². The van der Waals surface area contributed by atoms with Crippen molar-refractivity contribution in [3.63, 3.8) is 0 Å². The SMILES string of the molecule is CCc1cc(C(=O)NCc2cccnn2)cc(NC)n1. The molecule has 0 aliphatic heterocycles.